The van der Waals surface area contributed by atoms with Gasteiger partial charge in [-0.3, -0.25) is 5.10 Å². The number of rotatable bonds is 3. The fourth-order valence-corrected chi connectivity index (χ4v) is 4.00. The maximum atomic E-state index is 9.73. The molecule has 0 saturated heterocycles. The number of nitrogens with one attached hydrogen (secondary N) is 1. The fraction of sp³-hybridized carbons (Fsp3) is 0.158. The molecule has 0 fully saturated rings. The van der Waals surface area contributed by atoms with Crippen LogP contribution in [0.4, 0.5) is 0 Å². The van der Waals surface area contributed by atoms with E-state index in [1.54, 1.807) is 18.4 Å². The van der Waals surface area contributed by atoms with Crippen molar-refractivity contribution in [1.82, 2.24) is 10.2 Å². The quantitative estimate of drug-likeness (QED) is 0.739. The van der Waals surface area contributed by atoms with Crippen molar-refractivity contribution in [3.63, 3.8) is 0 Å². The topological polar surface area (TPSA) is 96.9 Å². The van der Waals surface area contributed by atoms with Crippen molar-refractivity contribution in [2.45, 2.75) is 12.8 Å². The Morgan fingerprint density at radius 1 is 1.38 bits per heavy atom. The summed E-state index contributed by atoms with van der Waals surface area (Å²) in [6.45, 7) is 1.97. The Morgan fingerprint density at radius 2 is 2.23 bits per heavy atom. The highest BCUT2D eigenvalue weighted by Gasteiger charge is 2.35. The average Bonchev–Trinajstić information content (AvgIpc) is 3.29. The molecule has 0 aliphatic carbocycles. The van der Waals surface area contributed by atoms with Crippen LogP contribution in [0.2, 0.25) is 0 Å². The van der Waals surface area contributed by atoms with Gasteiger partial charge in [-0.25, -0.2) is 0 Å². The number of H-pyrrole nitrogens is 1. The van der Waals surface area contributed by atoms with Crippen molar-refractivity contribution >= 4 is 11.3 Å². The zero-order valence-electron chi connectivity index (χ0n) is 14.2. The molecule has 1 aliphatic heterocycles. The third-order valence-electron chi connectivity index (χ3n) is 4.46. The van der Waals surface area contributed by atoms with Crippen LogP contribution in [0.25, 0.3) is 10.6 Å². The normalized spacial score (nSPS) is 16.0. The second-order valence-corrected chi connectivity index (χ2v) is 6.90. The zero-order valence-corrected chi connectivity index (χ0v) is 15.1. The molecule has 3 heterocycles. The van der Waals surface area contributed by atoms with Gasteiger partial charge >= 0.3 is 0 Å². The molecule has 1 aliphatic rings. The van der Waals surface area contributed by atoms with Gasteiger partial charge in [0.15, 0.2) is 0 Å². The van der Waals surface area contributed by atoms with Gasteiger partial charge in [0.2, 0.25) is 11.8 Å². The van der Waals surface area contributed by atoms with E-state index >= 15 is 0 Å². The van der Waals surface area contributed by atoms with Gasteiger partial charge in [0.1, 0.15) is 17.4 Å². The summed E-state index contributed by atoms with van der Waals surface area (Å²) in [6, 6.07) is 12.0. The number of hydrogen-bond donors (Lipinski definition) is 2. The predicted molar refractivity (Wildman–Crippen MR) is 98.9 cm³/mol. The number of aromatic nitrogens is 2. The molecule has 1 unspecified atom stereocenters. The number of thiophene rings is 1. The lowest BCUT2D eigenvalue weighted by molar-refractivity contribution is 0.379. The molecule has 130 valence electrons. The standard InChI is InChI=1S/C19H16N4O2S/c1-10-8-11(5-6-13(10)24-2)15-12(9-20)18(21)25-19-16(15)17(22-23-19)14-4-3-7-26-14/h3-8,15H,21H2,1-2H3,(H,22,23). The molecule has 7 heteroatoms. The van der Waals surface area contributed by atoms with Crippen LogP contribution in [-0.2, 0) is 0 Å². The first-order valence-electron chi connectivity index (χ1n) is 7.98. The van der Waals surface area contributed by atoms with E-state index in [2.05, 4.69) is 16.3 Å². The monoisotopic (exact) mass is 364 g/mol. The second-order valence-electron chi connectivity index (χ2n) is 5.95. The number of methoxy groups -OCH3 is 1. The van der Waals surface area contributed by atoms with Crippen LogP contribution >= 0.6 is 11.3 Å². The van der Waals surface area contributed by atoms with E-state index in [9.17, 15) is 5.26 Å². The van der Waals surface area contributed by atoms with Gasteiger partial charge in [0.05, 0.1) is 29.2 Å². The predicted octanol–water partition coefficient (Wildman–Crippen LogP) is 3.67. The molecule has 2 aromatic heterocycles. The smallest absolute Gasteiger partial charge is 0.244 e. The van der Waals surface area contributed by atoms with Crippen LogP contribution in [0.15, 0.2) is 47.2 Å². The highest BCUT2D eigenvalue weighted by atomic mass is 32.1. The Labute approximate surface area is 154 Å². The van der Waals surface area contributed by atoms with Gasteiger partial charge in [0.25, 0.3) is 0 Å². The number of fused-ring (bicyclic) bond motifs is 1. The lowest BCUT2D eigenvalue weighted by atomic mass is 9.83. The largest absolute Gasteiger partial charge is 0.496 e. The summed E-state index contributed by atoms with van der Waals surface area (Å²) in [5.74, 6) is 0.928. The lowest BCUT2D eigenvalue weighted by Crippen LogP contribution is -2.21. The van der Waals surface area contributed by atoms with Gasteiger partial charge in [-0.05, 0) is 35.6 Å². The van der Waals surface area contributed by atoms with Gasteiger partial charge in [0, 0.05) is 0 Å². The number of aryl methyl sites for hydroxylation is 1. The van der Waals surface area contributed by atoms with E-state index in [0.29, 0.717) is 11.5 Å². The van der Waals surface area contributed by atoms with Gasteiger partial charge in [-0.2, -0.15) is 5.26 Å². The summed E-state index contributed by atoms with van der Waals surface area (Å²) in [6.07, 6.45) is 0. The molecule has 1 atom stereocenters. The minimum Gasteiger partial charge on any atom is -0.496 e. The van der Waals surface area contributed by atoms with Crippen LogP contribution in [-0.4, -0.2) is 17.3 Å². The van der Waals surface area contributed by atoms with E-state index in [-0.39, 0.29) is 11.8 Å². The van der Waals surface area contributed by atoms with E-state index in [1.807, 2.05) is 42.6 Å². The van der Waals surface area contributed by atoms with Crippen molar-refractivity contribution in [3.05, 3.63) is 63.9 Å². The van der Waals surface area contributed by atoms with Crippen molar-refractivity contribution in [2.24, 2.45) is 5.73 Å². The molecule has 4 rings (SSSR count). The molecule has 3 aromatic rings. The molecule has 26 heavy (non-hydrogen) atoms. The van der Waals surface area contributed by atoms with Crippen molar-refractivity contribution < 1.29 is 9.47 Å². The lowest BCUT2D eigenvalue weighted by Gasteiger charge is -2.24. The van der Waals surface area contributed by atoms with Crippen LogP contribution in [0.1, 0.15) is 22.6 Å². The molecule has 0 radical (unpaired) electrons. The number of nitrogens with zero attached hydrogens (tertiary/aromatic N) is 2. The molecular weight excluding hydrogens is 348 g/mol. The summed E-state index contributed by atoms with van der Waals surface area (Å²) >= 11 is 1.59. The summed E-state index contributed by atoms with van der Waals surface area (Å²) in [7, 11) is 1.64. The fourth-order valence-electron chi connectivity index (χ4n) is 3.27. The van der Waals surface area contributed by atoms with E-state index in [4.69, 9.17) is 15.2 Å². The number of hydrogen-bond acceptors (Lipinski definition) is 6. The first kappa shape index (κ1) is 16.2. The number of nitriles is 1. The van der Waals surface area contributed by atoms with E-state index in [0.717, 1.165) is 33.0 Å². The van der Waals surface area contributed by atoms with Gasteiger partial charge in [-0.15, -0.1) is 16.4 Å². The first-order chi connectivity index (χ1) is 12.6. The number of allylic oxidation sites excluding steroid dienone is 1. The Balaban J connectivity index is 1.94. The van der Waals surface area contributed by atoms with Gasteiger partial charge < -0.3 is 15.2 Å². The van der Waals surface area contributed by atoms with Crippen molar-refractivity contribution in [3.8, 4) is 28.3 Å². The molecule has 0 amide bonds. The summed E-state index contributed by atoms with van der Waals surface area (Å²) in [4.78, 5) is 1.02. The summed E-state index contributed by atoms with van der Waals surface area (Å²) in [5.41, 5.74) is 9.97. The van der Waals surface area contributed by atoms with Crippen LogP contribution < -0.4 is 15.2 Å². The molecule has 6 nitrogen and oxygen atoms in total. The minimum absolute atomic E-state index is 0.0858. The van der Waals surface area contributed by atoms with Crippen LogP contribution in [0, 0.1) is 18.3 Å². The molecular formula is C19H16N4O2S. The van der Waals surface area contributed by atoms with E-state index in [1.165, 1.54) is 0 Å². The Morgan fingerprint density at radius 3 is 2.88 bits per heavy atom. The SMILES string of the molecule is COc1ccc(C2C(C#N)=C(N)Oc3n[nH]c(-c4cccs4)c32)cc1C. The molecule has 3 N–H and O–H groups in total. The number of ether oxygens (including phenoxy) is 2. The van der Waals surface area contributed by atoms with Crippen molar-refractivity contribution in [2.75, 3.05) is 7.11 Å². The molecule has 0 bridgehead atoms. The first-order valence-corrected chi connectivity index (χ1v) is 8.86. The van der Waals surface area contributed by atoms with E-state index < -0.39 is 0 Å². The minimum atomic E-state index is -0.357. The Hall–Kier alpha value is -3.24. The number of nitrogens with two attached hydrogens (primary N) is 1. The zero-order chi connectivity index (χ0) is 18.3. The third kappa shape index (κ3) is 2.43. The second kappa shape index (κ2) is 6.24. The highest BCUT2D eigenvalue weighted by molar-refractivity contribution is 7.13. The molecule has 0 saturated carbocycles. The highest BCUT2D eigenvalue weighted by Crippen LogP contribution is 2.46. The maximum Gasteiger partial charge on any atom is 0.244 e. The molecule has 0 spiro atoms. The Kier molecular flexibility index (Phi) is 3.90. The average molecular weight is 364 g/mol. The van der Waals surface area contributed by atoms with Gasteiger partial charge in [-0.1, -0.05) is 18.2 Å². The van der Waals surface area contributed by atoms with Crippen LogP contribution in [0.3, 0.4) is 0 Å². The number of aromatic amines is 1. The molecule has 1 aromatic carbocycles. The summed E-state index contributed by atoms with van der Waals surface area (Å²) < 4.78 is 11.0. The van der Waals surface area contributed by atoms with Crippen molar-refractivity contribution in [1.29, 1.82) is 5.26 Å². The Bertz CT molecular complexity index is 1040. The number of benzene rings is 1. The maximum absolute atomic E-state index is 9.73. The third-order valence-corrected chi connectivity index (χ3v) is 5.35. The van der Waals surface area contributed by atoms with Crippen LogP contribution in [0.5, 0.6) is 11.6 Å². The summed E-state index contributed by atoms with van der Waals surface area (Å²) in [5, 5.41) is 19.0.